The fraction of sp³-hybridized carbons (Fsp3) is 0.207. The molecule has 1 aromatic heterocycles. The molecule has 0 bridgehead atoms. The molecule has 1 aliphatic rings. The summed E-state index contributed by atoms with van der Waals surface area (Å²) in [5, 5.41) is 15.3. The summed E-state index contributed by atoms with van der Waals surface area (Å²) in [7, 11) is 0. The maximum absolute atomic E-state index is 13.4. The van der Waals surface area contributed by atoms with Crippen molar-refractivity contribution in [1.29, 1.82) is 0 Å². The largest absolute Gasteiger partial charge is 0.376 e. The molecule has 4 aromatic rings. The predicted molar refractivity (Wildman–Crippen MR) is 143 cm³/mol. The number of hydrogen-bond acceptors (Lipinski definition) is 4. The predicted octanol–water partition coefficient (Wildman–Crippen LogP) is 7.78. The third-order valence-electron chi connectivity index (χ3n) is 6.83. The Labute approximate surface area is 214 Å². The van der Waals surface area contributed by atoms with Crippen molar-refractivity contribution in [2.24, 2.45) is 5.41 Å². The van der Waals surface area contributed by atoms with Crippen LogP contribution in [0.25, 0.3) is 16.9 Å². The van der Waals surface area contributed by atoms with Crippen LogP contribution in [0.3, 0.4) is 0 Å². The topological polar surface area (TPSA) is 77.2 Å². The van der Waals surface area contributed by atoms with E-state index in [-0.39, 0.29) is 17.5 Å². The smallest absolute Gasteiger partial charge is 0.269 e. The molecule has 36 heavy (non-hydrogen) atoms. The lowest BCUT2D eigenvalue weighted by atomic mass is 9.72. The van der Waals surface area contributed by atoms with Crippen molar-refractivity contribution in [2.75, 3.05) is 5.32 Å². The third kappa shape index (κ3) is 4.29. The molecule has 0 fully saturated rings. The molecule has 0 aliphatic heterocycles. The number of non-ortho nitro benzene ring substituents is 1. The molecule has 6 nitrogen and oxygen atoms in total. The average Bonchev–Trinajstić information content (AvgIpc) is 3.23. The molecule has 0 spiro atoms. The van der Waals surface area contributed by atoms with Crippen LogP contribution in [0.2, 0.25) is 5.02 Å². The Morgan fingerprint density at radius 1 is 1.00 bits per heavy atom. The molecule has 3 aromatic carbocycles. The number of aromatic nitrogens is 1. The maximum atomic E-state index is 13.4. The van der Waals surface area contributed by atoms with Crippen LogP contribution in [0, 0.1) is 22.5 Å². The first kappa shape index (κ1) is 23.8. The highest BCUT2D eigenvalue weighted by molar-refractivity contribution is 6.30. The number of benzene rings is 3. The number of anilines is 1. The molecule has 1 heterocycles. The first-order chi connectivity index (χ1) is 17.1. The quantitative estimate of drug-likeness (QED) is 0.224. The lowest BCUT2D eigenvalue weighted by Gasteiger charge is -2.40. The van der Waals surface area contributed by atoms with Crippen LogP contribution in [0.1, 0.15) is 47.9 Å². The SMILES string of the molecule is Cc1ccc(-c2cc3c(n2-c2ccc(Cl)cc2)C(Nc2ccc([N+](=O)[O-])cc2)C(C)(C)CC3=O)cc1. The monoisotopic (exact) mass is 499 g/mol. The van der Waals surface area contributed by atoms with Gasteiger partial charge in [-0.25, -0.2) is 0 Å². The first-order valence-corrected chi connectivity index (χ1v) is 12.1. The van der Waals surface area contributed by atoms with E-state index in [1.807, 2.05) is 37.3 Å². The first-order valence-electron chi connectivity index (χ1n) is 11.8. The highest BCUT2D eigenvalue weighted by Gasteiger charge is 2.43. The fourth-order valence-corrected chi connectivity index (χ4v) is 5.06. The standard InChI is InChI=1S/C29H26ClN3O3/c1-18-4-6-19(7-5-18)25-16-24-26(34)17-29(2,3)28(31-21-10-14-23(15-11-21)33(35)36)27(24)32(25)22-12-8-20(30)9-13-22/h4-16,28,31H,17H2,1-3H3. The van der Waals surface area contributed by atoms with E-state index < -0.39 is 10.3 Å². The lowest BCUT2D eigenvalue weighted by Crippen LogP contribution is -2.37. The summed E-state index contributed by atoms with van der Waals surface area (Å²) >= 11 is 6.21. The van der Waals surface area contributed by atoms with Gasteiger partial charge in [0.15, 0.2) is 5.78 Å². The number of Topliss-reactive ketones (excluding diaryl/α,β-unsaturated/α-hetero) is 1. The number of carbonyl (C=O) groups is 1. The highest BCUT2D eigenvalue weighted by Crippen LogP contribution is 2.48. The minimum Gasteiger partial charge on any atom is -0.376 e. The second-order valence-corrected chi connectivity index (χ2v) is 10.4. The number of nitro benzene ring substituents is 1. The summed E-state index contributed by atoms with van der Waals surface area (Å²) in [4.78, 5) is 24.1. The molecule has 0 saturated carbocycles. The number of fused-ring (bicyclic) bond motifs is 1. The van der Waals surface area contributed by atoms with Crippen molar-refractivity contribution >= 4 is 28.8 Å². The summed E-state index contributed by atoms with van der Waals surface area (Å²) in [6, 6.07) is 24.0. The van der Waals surface area contributed by atoms with E-state index in [1.54, 1.807) is 12.1 Å². The van der Waals surface area contributed by atoms with E-state index in [0.717, 1.165) is 33.9 Å². The van der Waals surface area contributed by atoms with Gasteiger partial charge in [0.1, 0.15) is 0 Å². The number of ketones is 1. The van der Waals surface area contributed by atoms with Gasteiger partial charge in [0.2, 0.25) is 0 Å². The zero-order chi connectivity index (χ0) is 25.6. The Hall–Kier alpha value is -3.90. The molecular formula is C29H26ClN3O3. The van der Waals surface area contributed by atoms with Gasteiger partial charge in [-0.05, 0) is 60.4 Å². The van der Waals surface area contributed by atoms with Crippen molar-refractivity contribution in [1.82, 2.24) is 4.57 Å². The Morgan fingerprint density at radius 3 is 2.25 bits per heavy atom. The molecule has 182 valence electrons. The lowest BCUT2D eigenvalue weighted by molar-refractivity contribution is -0.384. The van der Waals surface area contributed by atoms with E-state index in [9.17, 15) is 14.9 Å². The zero-order valence-electron chi connectivity index (χ0n) is 20.3. The van der Waals surface area contributed by atoms with Crippen LogP contribution in [0.5, 0.6) is 0 Å². The number of aryl methyl sites for hydroxylation is 1. The molecular weight excluding hydrogens is 474 g/mol. The van der Waals surface area contributed by atoms with Gasteiger partial charge < -0.3 is 9.88 Å². The van der Waals surface area contributed by atoms with Gasteiger partial charge in [0, 0.05) is 40.5 Å². The summed E-state index contributed by atoms with van der Waals surface area (Å²) < 4.78 is 2.14. The van der Waals surface area contributed by atoms with Gasteiger partial charge >= 0.3 is 0 Å². The molecule has 0 radical (unpaired) electrons. The molecule has 1 N–H and O–H groups in total. The van der Waals surface area contributed by atoms with Crippen molar-refractivity contribution in [3.8, 4) is 16.9 Å². The Bertz CT molecular complexity index is 1450. The number of rotatable bonds is 5. The number of carbonyl (C=O) groups excluding carboxylic acids is 1. The molecule has 1 atom stereocenters. The van der Waals surface area contributed by atoms with Crippen LogP contribution in [-0.2, 0) is 0 Å². The van der Waals surface area contributed by atoms with Gasteiger partial charge in [-0.15, -0.1) is 0 Å². The van der Waals surface area contributed by atoms with Crippen molar-refractivity contribution in [3.05, 3.63) is 111 Å². The molecule has 0 amide bonds. The second kappa shape index (κ2) is 8.95. The van der Waals surface area contributed by atoms with Crippen LogP contribution < -0.4 is 5.32 Å². The van der Waals surface area contributed by atoms with Crippen LogP contribution in [0.4, 0.5) is 11.4 Å². The summed E-state index contributed by atoms with van der Waals surface area (Å²) in [5.41, 5.74) is 5.89. The molecule has 0 saturated heterocycles. The van der Waals surface area contributed by atoms with Crippen LogP contribution in [0.15, 0.2) is 78.9 Å². The summed E-state index contributed by atoms with van der Waals surface area (Å²) in [6.07, 6.45) is 0.378. The average molecular weight is 500 g/mol. The van der Waals surface area contributed by atoms with Crippen molar-refractivity contribution < 1.29 is 9.72 Å². The van der Waals surface area contributed by atoms with Gasteiger partial charge in [-0.3, -0.25) is 14.9 Å². The van der Waals surface area contributed by atoms with Gasteiger partial charge in [-0.1, -0.05) is 55.3 Å². The minimum absolute atomic E-state index is 0.0329. The number of nitro groups is 1. The summed E-state index contributed by atoms with van der Waals surface area (Å²) in [6.45, 7) is 6.19. The molecule has 1 aliphatic carbocycles. The fourth-order valence-electron chi connectivity index (χ4n) is 4.93. The Kier molecular flexibility index (Phi) is 5.92. The van der Waals surface area contributed by atoms with Crippen molar-refractivity contribution in [3.63, 3.8) is 0 Å². The van der Waals surface area contributed by atoms with E-state index >= 15 is 0 Å². The second-order valence-electron chi connectivity index (χ2n) is 9.98. The third-order valence-corrected chi connectivity index (χ3v) is 7.08. The van der Waals surface area contributed by atoms with E-state index in [0.29, 0.717) is 17.0 Å². The van der Waals surface area contributed by atoms with Gasteiger partial charge in [-0.2, -0.15) is 0 Å². The molecule has 5 rings (SSSR count). The van der Waals surface area contributed by atoms with E-state index in [2.05, 4.69) is 48.0 Å². The normalized spacial score (nSPS) is 16.4. The molecule has 7 heteroatoms. The number of nitrogens with one attached hydrogen (secondary N) is 1. The molecule has 1 unspecified atom stereocenters. The van der Waals surface area contributed by atoms with Gasteiger partial charge in [0.25, 0.3) is 5.69 Å². The number of hydrogen-bond donors (Lipinski definition) is 1. The zero-order valence-corrected chi connectivity index (χ0v) is 21.0. The summed E-state index contributed by atoms with van der Waals surface area (Å²) in [5.74, 6) is 0.0952. The van der Waals surface area contributed by atoms with Crippen molar-refractivity contribution in [2.45, 2.75) is 33.2 Å². The maximum Gasteiger partial charge on any atom is 0.269 e. The number of halogens is 1. The Morgan fingerprint density at radius 2 is 1.64 bits per heavy atom. The van der Waals surface area contributed by atoms with Crippen LogP contribution >= 0.6 is 11.6 Å². The minimum atomic E-state index is -0.418. The van der Waals surface area contributed by atoms with E-state index in [4.69, 9.17) is 11.6 Å². The van der Waals surface area contributed by atoms with Crippen LogP contribution in [-0.4, -0.2) is 15.3 Å². The highest BCUT2D eigenvalue weighted by atomic mass is 35.5. The van der Waals surface area contributed by atoms with Gasteiger partial charge in [0.05, 0.1) is 22.4 Å². The number of nitrogens with zero attached hydrogens (tertiary/aromatic N) is 2. The van der Waals surface area contributed by atoms with E-state index in [1.165, 1.54) is 12.1 Å². The Balaban J connectivity index is 1.72.